The van der Waals surface area contributed by atoms with Crippen molar-refractivity contribution in [3.63, 3.8) is 0 Å². The number of nitrogens with zero attached hydrogens (tertiary/aromatic N) is 2. The minimum absolute atomic E-state index is 0.00469. The molecule has 5 heteroatoms. The van der Waals surface area contributed by atoms with Gasteiger partial charge in [-0.05, 0) is 30.2 Å². The van der Waals surface area contributed by atoms with Gasteiger partial charge in [-0.25, -0.2) is 4.99 Å². The van der Waals surface area contributed by atoms with Crippen molar-refractivity contribution in [2.45, 2.75) is 39.5 Å². The summed E-state index contributed by atoms with van der Waals surface area (Å²) in [5.74, 6) is 1.05. The van der Waals surface area contributed by atoms with Gasteiger partial charge in [-0.3, -0.25) is 9.89 Å². The highest BCUT2D eigenvalue weighted by Crippen LogP contribution is 2.49. The monoisotopic (exact) mass is 313 g/mol. The van der Waals surface area contributed by atoms with E-state index in [0.717, 1.165) is 29.2 Å². The van der Waals surface area contributed by atoms with Crippen LogP contribution in [0.5, 0.6) is 0 Å². The van der Waals surface area contributed by atoms with Crippen LogP contribution in [0.15, 0.2) is 22.5 Å². The molecule has 2 atom stereocenters. The largest absolute Gasteiger partial charge is 0.299 e. The van der Waals surface area contributed by atoms with Gasteiger partial charge in [0.2, 0.25) is 0 Å². The first-order valence-corrected chi connectivity index (χ1v) is 8.53. The summed E-state index contributed by atoms with van der Waals surface area (Å²) in [6.07, 6.45) is 1.50. The number of aliphatic imine (C=N–C) groups is 1. The fraction of sp³-hybridized carbons (Fsp3) is 0.471. The molecule has 1 fully saturated rings. The van der Waals surface area contributed by atoms with Crippen molar-refractivity contribution in [2.75, 3.05) is 0 Å². The standard InChI is InChI=1S/C17H19N3OS/c1-9-13-15(12-5-4-6-22-12)14-10(18-16(13)20-19-9)7-17(2,3)8-11(14)21/h4-6,14-15H,7-8H2,1-3H3,(H,19,20). The number of rotatable bonds is 1. The molecule has 2 aromatic rings. The van der Waals surface area contributed by atoms with Crippen LogP contribution in [0.3, 0.4) is 0 Å². The summed E-state index contributed by atoms with van der Waals surface area (Å²) in [7, 11) is 0. The number of carbonyl (C=O) groups excluding carboxylic acids is 1. The molecular formula is C17H19N3OS. The third-order valence-electron chi connectivity index (χ3n) is 4.74. The van der Waals surface area contributed by atoms with E-state index >= 15 is 0 Å². The zero-order chi connectivity index (χ0) is 15.5. The van der Waals surface area contributed by atoms with Crippen molar-refractivity contribution in [3.05, 3.63) is 33.6 Å². The molecule has 0 aromatic carbocycles. The average Bonchev–Trinajstić information content (AvgIpc) is 3.05. The molecule has 0 bridgehead atoms. The zero-order valence-corrected chi connectivity index (χ0v) is 13.8. The summed E-state index contributed by atoms with van der Waals surface area (Å²) in [5, 5.41) is 9.49. The summed E-state index contributed by atoms with van der Waals surface area (Å²) in [5.41, 5.74) is 3.13. The zero-order valence-electron chi connectivity index (χ0n) is 13.0. The molecule has 1 aliphatic carbocycles. The lowest BCUT2D eigenvalue weighted by atomic mass is 9.65. The second-order valence-corrected chi connectivity index (χ2v) is 8.12. The van der Waals surface area contributed by atoms with Crippen molar-refractivity contribution in [3.8, 4) is 0 Å². The van der Waals surface area contributed by atoms with Crippen LogP contribution < -0.4 is 0 Å². The number of thiophene rings is 1. The summed E-state index contributed by atoms with van der Waals surface area (Å²) in [6.45, 7) is 6.31. The van der Waals surface area contributed by atoms with Gasteiger partial charge in [0.15, 0.2) is 5.82 Å². The molecule has 1 aliphatic heterocycles. The smallest absolute Gasteiger partial charge is 0.177 e. The Kier molecular flexibility index (Phi) is 2.92. The maximum atomic E-state index is 12.9. The Labute approximate surface area is 133 Å². The van der Waals surface area contributed by atoms with Crippen LogP contribution in [0.25, 0.3) is 0 Å². The first-order chi connectivity index (χ1) is 10.5. The maximum absolute atomic E-state index is 12.9. The van der Waals surface area contributed by atoms with E-state index < -0.39 is 0 Å². The van der Waals surface area contributed by atoms with E-state index in [1.54, 1.807) is 11.3 Å². The molecular weight excluding hydrogens is 294 g/mol. The van der Waals surface area contributed by atoms with Crippen molar-refractivity contribution in [1.29, 1.82) is 0 Å². The van der Waals surface area contributed by atoms with Crippen LogP contribution in [-0.4, -0.2) is 21.7 Å². The molecule has 0 amide bonds. The number of nitrogens with one attached hydrogen (secondary N) is 1. The van der Waals surface area contributed by atoms with Crippen LogP contribution in [-0.2, 0) is 4.79 Å². The summed E-state index contributed by atoms with van der Waals surface area (Å²) in [4.78, 5) is 18.9. The van der Waals surface area contributed by atoms with Crippen LogP contribution in [0, 0.1) is 18.3 Å². The van der Waals surface area contributed by atoms with Crippen molar-refractivity contribution in [2.24, 2.45) is 16.3 Å². The fourth-order valence-corrected chi connectivity index (χ4v) is 4.75. The van der Waals surface area contributed by atoms with E-state index in [-0.39, 0.29) is 17.3 Å². The van der Waals surface area contributed by atoms with Crippen molar-refractivity contribution < 1.29 is 4.79 Å². The lowest BCUT2D eigenvalue weighted by Crippen LogP contribution is -2.42. The molecule has 1 N–H and O–H groups in total. The maximum Gasteiger partial charge on any atom is 0.177 e. The van der Waals surface area contributed by atoms with Crippen LogP contribution in [0.1, 0.15) is 48.7 Å². The Morgan fingerprint density at radius 2 is 2.14 bits per heavy atom. The van der Waals surface area contributed by atoms with Gasteiger partial charge in [-0.2, -0.15) is 5.10 Å². The van der Waals surface area contributed by atoms with Crippen molar-refractivity contribution >= 4 is 28.6 Å². The number of fused-ring (bicyclic) bond motifs is 2. The van der Waals surface area contributed by atoms with Gasteiger partial charge in [-0.1, -0.05) is 19.9 Å². The van der Waals surface area contributed by atoms with Gasteiger partial charge in [-0.15, -0.1) is 11.3 Å². The molecule has 22 heavy (non-hydrogen) atoms. The third kappa shape index (κ3) is 1.99. The van der Waals surface area contributed by atoms with E-state index in [4.69, 9.17) is 4.99 Å². The van der Waals surface area contributed by atoms with Gasteiger partial charge in [0.25, 0.3) is 0 Å². The molecule has 2 aliphatic rings. The Morgan fingerprint density at radius 1 is 1.32 bits per heavy atom. The van der Waals surface area contributed by atoms with Gasteiger partial charge in [0.05, 0.1) is 5.92 Å². The normalized spacial score (nSPS) is 26.3. The minimum Gasteiger partial charge on any atom is -0.299 e. The number of ketones is 1. The molecule has 4 nitrogen and oxygen atoms in total. The second-order valence-electron chi connectivity index (χ2n) is 7.14. The number of hydrogen-bond donors (Lipinski definition) is 1. The molecule has 0 spiro atoms. The Balaban J connectivity index is 1.92. The molecule has 0 saturated heterocycles. The lowest BCUT2D eigenvalue weighted by molar-refractivity contribution is -0.124. The highest BCUT2D eigenvalue weighted by Gasteiger charge is 2.47. The predicted molar refractivity (Wildman–Crippen MR) is 88.1 cm³/mol. The summed E-state index contributed by atoms with van der Waals surface area (Å²) in [6, 6.07) is 4.18. The molecule has 1 saturated carbocycles. The molecule has 2 aromatic heterocycles. The van der Waals surface area contributed by atoms with Gasteiger partial charge in [0.1, 0.15) is 5.78 Å². The van der Waals surface area contributed by atoms with E-state index in [1.807, 2.05) is 6.92 Å². The van der Waals surface area contributed by atoms with Gasteiger partial charge < -0.3 is 0 Å². The number of aryl methyl sites for hydroxylation is 1. The van der Waals surface area contributed by atoms with Crippen molar-refractivity contribution in [1.82, 2.24) is 10.2 Å². The minimum atomic E-state index is -0.115. The van der Waals surface area contributed by atoms with E-state index in [9.17, 15) is 4.79 Å². The quantitative estimate of drug-likeness (QED) is 0.865. The van der Waals surface area contributed by atoms with Crippen LogP contribution >= 0.6 is 11.3 Å². The Hall–Kier alpha value is -1.75. The van der Waals surface area contributed by atoms with Gasteiger partial charge in [0, 0.05) is 34.2 Å². The number of Topliss-reactive ketones (excluding diaryl/α,β-unsaturated/α-hetero) is 1. The number of carbonyl (C=O) groups is 1. The van der Waals surface area contributed by atoms with Crippen LogP contribution in [0.4, 0.5) is 5.82 Å². The van der Waals surface area contributed by atoms with Crippen LogP contribution in [0.2, 0.25) is 0 Å². The number of aromatic amines is 1. The number of hydrogen-bond acceptors (Lipinski definition) is 4. The SMILES string of the molecule is Cc1[nH]nc2c1C(c1cccs1)C1C(=O)CC(C)(C)CC1=N2. The predicted octanol–water partition coefficient (Wildman–Crippen LogP) is 4.00. The molecule has 4 rings (SSSR count). The highest BCUT2D eigenvalue weighted by atomic mass is 32.1. The van der Waals surface area contributed by atoms with E-state index in [0.29, 0.717) is 12.2 Å². The molecule has 2 unspecified atom stereocenters. The first kappa shape index (κ1) is 13.9. The molecule has 0 radical (unpaired) electrons. The highest BCUT2D eigenvalue weighted by molar-refractivity contribution is 7.10. The average molecular weight is 313 g/mol. The number of H-pyrrole nitrogens is 1. The molecule has 114 valence electrons. The van der Waals surface area contributed by atoms with E-state index in [1.165, 1.54) is 4.88 Å². The third-order valence-corrected chi connectivity index (χ3v) is 5.69. The topological polar surface area (TPSA) is 58.1 Å². The molecule has 3 heterocycles. The Morgan fingerprint density at radius 3 is 2.86 bits per heavy atom. The number of aromatic nitrogens is 2. The Bertz CT molecular complexity index is 770. The summed E-state index contributed by atoms with van der Waals surface area (Å²) < 4.78 is 0. The van der Waals surface area contributed by atoms with E-state index in [2.05, 4.69) is 41.6 Å². The fourth-order valence-electron chi connectivity index (χ4n) is 3.88. The lowest BCUT2D eigenvalue weighted by Gasteiger charge is -2.39. The second kappa shape index (κ2) is 4.62. The first-order valence-electron chi connectivity index (χ1n) is 7.65. The summed E-state index contributed by atoms with van der Waals surface area (Å²) >= 11 is 1.71. The van der Waals surface area contributed by atoms with Gasteiger partial charge >= 0.3 is 0 Å².